The number of ether oxygens (including phenoxy) is 2. The maximum Gasteiger partial charge on any atom is 0.189 e. The van der Waals surface area contributed by atoms with Gasteiger partial charge >= 0.3 is 0 Å². The van der Waals surface area contributed by atoms with Gasteiger partial charge in [0.25, 0.3) is 0 Å². The Morgan fingerprint density at radius 3 is 2.37 bits per heavy atom. The van der Waals surface area contributed by atoms with Gasteiger partial charge in [0.05, 0.1) is 20.8 Å². The van der Waals surface area contributed by atoms with Crippen molar-refractivity contribution in [3.8, 4) is 11.5 Å². The van der Waals surface area contributed by atoms with Gasteiger partial charge in [0.1, 0.15) is 5.82 Å². The minimum atomic E-state index is 0.387. The molecular weight excluding hydrogens is 342 g/mol. The molecule has 0 atom stereocenters. The van der Waals surface area contributed by atoms with E-state index in [4.69, 9.17) is 15.2 Å². The Labute approximate surface area is 161 Å². The predicted molar refractivity (Wildman–Crippen MR) is 110 cm³/mol. The summed E-state index contributed by atoms with van der Waals surface area (Å²) in [5.74, 6) is 2.75. The van der Waals surface area contributed by atoms with Gasteiger partial charge in [-0.1, -0.05) is 12.1 Å². The summed E-state index contributed by atoms with van der Waals surface area (Å²) in [5.41, 5.74) is 8.01. The number of benzene rings is 1. The van der Waals surface area contributed by atoms with Crippen LogP contribution in [-0.2, 0) is 13.1 Å². The Hall–Kier alpha value is -2.96. The highest BCUT2D eigenvalue weighted by molar-refractivity contribution is 5.77. The number of anilines is 1. The first-order chi connectivity index (χ1) is 13.1. The molecule has 0 saturated heterocycles. The van der Waals surface area contributed by atoms with Crippen LogP contribution in [0, 0.1) is 0 Å². The third-order valence-electron chi connectivity index (χ3n) is 4.25. The number of aliphatic imine (C=N–C) groups is 1. The Balaban J connectivity index is 1.91. The molecule has 3 N–H and O–H groups in total. The van der Waals surface area contributed by atoms with Gasteiger partial charge in [0, 0.05) is 25.8 Å². The summed E-state index contributed by atoms with van der Waals surface area (Å²) < 4.78 is 10.5. The van der Waals surface area contributed by atoms with Gasteiger partial charge in [-0.05, 0) is 43.2 Å². The van der Waals surface area contributed by atoms with E-state index in [2.05, 4.69) is 34.0 Å². The Morgan fingerprint density at radius 1 is 1.07 bits per heavy atom. The Morgan fingerprint density at radius 2 is 1.78 bits per heavy atom. The van der Waals surface area contributed by atoms with Crippen LogP contribution >= 0.6 is 0 Å². The van der Waals surface area contributed by atoms with Crippen LogP contribution in [0.3, 0.4) is 0 Å². The van der Waals surface area contributed by atoms with Crippen molar-refractivity contribution in [1.82, 2.24) is 10.3 Å². The lowest BCUT2D eigenvalue weighted by Gasteiger charge is -2.19. The molecule has 0 amide bonds. The predicted octanol–water partition coefficient (Wildman–Crippen LogP) is 2.55. The molecule has 1 aromatic heterocycles. The van der Waals surface area contributed by atoms with Crippen molar-refractivity contribution in [2.75, 3.05) is 32.2 Å². The zero-order valence-corrected chi connectivity index (χ0v) is 16.5. The summed E-state index contributed by atoms with van der Waals surface area (Å²) in [7, 11) is 3.23. The van der Waals surface area contributed by atoms with Crippen LogP contribution in [0.4, 0.5) is 5.82 Å². The number of guanidine groups is 1. The fraction of sp³-hybridized carbons (Fsp3) is 0.400. The van der Waals surface area contributed by atoms with Gasteiger partial charge in [-0.3, -0.25) is 0 Å². The average molecular weight is 371 g/mol. The van der Waals surface area contributed by atoms with Crippen molar-refractivity contribution >= 4 is 11.8 Å². The molecule has 7 heteroatoms. The molecule has 0 saturated carbocycles. The molecule has 2 aromatic rings. The van der Waals surface area contributed by atoms with Crippen molar-refractivity contribution in [3.05, 3.63) is 47.7 Å². The zero-order chi connectivity index (χ0) is 19.6. The third-order valence-corrected chi connectivity index (χ3v) is 4.25. The number of aromatic nitrogens is 1. The van der Waals surface area contributed by atoms with Crippen LogP contribution in [0.25, 0.3) is 0 Å². The number of rotatable bonds is 9. The highest BCUT2D eigenvalue weighted by Gasteiger charge is 2.05. The molecule has 0 aliphatic rings. The van der Waals surface area contributed by atoms with Crippen molar-refractivity contribution in [2.24, 2.45) is 10.7 Å². The molecule has 0 spiro atoms. The highest BCUT2D eigenvalue weighted by atomic mass is 16.5. The van der Waals surface area contributed by atoms with Crippen LogP contribution in [0.15, 0.2) is 41.5 Å². The fourth-order valence-corrected chi connectivity index (χ4v) is 2.66. The largest absolute Gasteiger partial charge is 0.493 e. The summed E-state index contributed by atoms with van der Waals surface area (Å²) >= 11 is 0. The fourth-order valence-electron chi connectivity index (χ4n) is 2.66. The van der Waals surface area contributed by atoms with Crippen molar-refractivity contribution in [1.29, 1.82) is 0 Å². The van der Waals surface area contributed by atoms with Crippen LogP contribution < -0.4 is 25.4 Å². The first kappa shape index (κ1) is 20.4. The molecule has 0 bridgehead atoms. The molecule has 0 radical (unpaired) electrons. The van der Waals surface area contributed by atoms with E-state index in [0.29, 0.717) is 30.5 Å². The van der Waals surface area contributed by atoms with E-state index >= 15 is 0 Å². The maximum absolute atomic E-state index is 5.97. The van der Waals surface area contributed by atoms with E-state index < -0.39 is 0 Å². The molecule has 0 fully saturated rings. The van der Waals surface area contributed by atoms with E-state index in [1.807, 2.05) is 36.5 Å². The number of hydrogen-bond donors (Lipinski definition) is 2. The van der Waals surface area contributed by atoms with E-state index in [-0.39, 0.29) is 0 Å². The summed E-state index contributed by atoms with van der Waals surface area (Å²) in [4.78, 5) is 11.1. The Bertz CT molecular complexity index is 743. The molecule has 1 heterocycles. The van der Waals surface area contributed by atoms with Gasteiger partial charge in [-0.15, -0.1) is 0 Å². The van der Waals surface area contributed by atoms with E-state index in [1.54, 1.807) is 14.2 Å². The van der Waals surface area contributed by atoms with Gasteiger partial charge in [-0.25, -0.2) is 9.98 Å². The zero-order valence-electron chi connectivity index (χ0n) is 16.5. The maximum atomic E-state index is 5.97. The van der Waals surface area contributed by atoms with Gasteiger partial charge < -0.3 is 25.4 Å². The van der Waals surface area contributed by atoms with Gasteiger partial charge in [0.15, 0.2) is 17.5 Å². The van der Waals surface area contributed by atoms with Gasteiger partial charge in [0.2, 0.25) is 0 Å². The lowest BCUT2D eigenvalue weighted by atomic mass is 10.2. The number of nitrogens with zero attached hydrogens (tertiary/aromatic N) is 3. The first-order valence-electron chi connectivity index (χ1n) is 9.05. The molecule has 7 nitrogen and oxygen atoms in total. The SMILES string of the molecule is CCN(CC)c1ccc(CN=C(N)NCc2ccc(OC)c(OC)c2)cn1. The van der Waals surface area contributed by atoms with Crippen molar-refractivity contribution in [2.45, 2.75) is 26.9 Å². The molecular formula is C20H29N5O2. The summed E-state index contributed by atoms with van der Waals surface area (Å²) in [5, 5.41) is 3.11. The molecule has 2 rings (SSSR count). The second-order valence-electron chi connectivity index (χ2n) is 5.94. The molecule has 0 aliphatic heterocycles. The lowest BCUT2D eigenvalue weighted by molar-refractivity contribution is 0.354. The van der Waals surface area contributed by atoms with Gasteiger partial charge in [-0.2, -0.15) is 0 Å². The molecule has 0 aliphatic carbocycles. The standard InChI is InChI=1S/C20H29N5O2/c1-5-25(6-2)19-10-8-16(13-22-19)14-24-20(21)23-12-15-7-9-17(26-3)18(11-15)27-4/h7-11,13H,5-6,12,14H2,1-4H3,(H3,21,23,24). The van der Waals surface area contributed by atoms with Crippen LogP contribution in [-0.4, -0.2) is 38.3 Å². The molecule has 146 valence electrons. The summed E-state index contributed by atoms with van der Waals surface area (Å²) in [6.45, 7) is 7.15. The molecule has 0 unspecified atom stereocenters. The number of methoxy groups -OCH3 is 2. The van der Waals surface area contributed by atoms with Crippen molar-refractivity contribution in [3.63, 3.8) is 0 Å². The smallest absolute Gasteiger partial charge is 0.189 e. The van der Waals surface area contributed by atoms with E-state index in [9.17, 15) is 0 Å². The van der Waals surface area contributed by atoms with Crippen LogP contribution in [0.1, 0.15) is 25.0 Å². The number of pyridine rings is 1. The number of hydrogen-bond acceptors (Lipinski definition) is 5. The highest BCUT2D eigenvalue weighted by Crippen LogP contribution is 2.27. The minimum absolute atomic E-state index is 0.387. The second kappa shape index (κ2) is 10.3. The summed E-state index contributed by atoms with van der Waals surface area (Å²) in [6, 6.07) is 9.79. The molecule has 1 aromatic carbocycles. The minimum Gasteiger partial charge on any atom is -0.493 e. The topological polar surface area (TPSA) is 85.0 Å². The third kappa shape index (κ3) is 5.77. The quantitative estimate of drug-likeness (QED) is 0.520. The average Bonchev–Trinajstić information content (AvgIpc) is 2.72. The second-order valence-corrected chi connectivity index (χ2v) is 5.94. The summed E-state index contributed by atoms with van der Waals surface area (Å²) in [6.07, 6.45) is 1.85. The van der Waals surface area contributed by atoms with Crippen LogP contribution in [0.2, 0.25) is 0 Å². The van der Waals surface area contributed by atoms with Crippen molar-refractivity contribution < 1.29 is 9.47 Å². The first-order valence-corrected chi connectivity index (χ1v) is 9.05. The van der Waals surface area contributed by atoms with E-state index in [1.165, 1.54) is 0 Å². The van der Waals surface area contributed by atoms with Crippen LogP contribution in [0.5, 0.6) is 11.5 Å². The normalized spacial score (nSPS) is 11.2. The Kier molecular flexibility index (Phi) is 7.73. The molecule has 27 heavy (non-hydrogen) atoms. The van der Waals surface area contributed by atoms with E-state index in [0.717, 1.165) is 30.0 Å². The number of nitrogens with one attached hydrogen (secondary N) is 1. The number of nitrogens with two attached hydrogens (primary N) is 1. The monoisotopic (exact) mass is 371 g/mol. The lowest BCUT2D eigenvalue weighted by Crippen LogP contribution is -2.31.